The summed E-state index contributed by atoms with van der Waals surface area (Å²) in [5, 5.41) is 4.13. The second kappa shape index (κ2) is 6.77. The summed E-state index contributed by atoms with van der Waals surface area (Å²) in [6.45, 7) is 4.56. The molecule has 2 aromatic rings. The van der Waals surface area contributed by atoms with Crippen LogP contribution in [0.15, 0.2) is 30.5 Å². The molecular weight excluding hydrogens is 334 g/mol. The summed E-state index contributed by atoms with van der Waals surface area (Å²) in [5.41, 5.74) is 1.00. The van der Waals surface area contributed by atoms with Gasteiger partial charge in [0, 0.05) is 17.6 Å². The fourth-order valence-corrected chi connectivity index (χ4v) is 4.84. The third-order valence-electron chi connectivity index (χ3n) is 5.54. The summed E-state index contributed by atoms with van der Waals surface area (Å²) < 4.78 is 5.18. The van der Waals surface area contributed by atoms with Gasteiger partial charge < -0.3 is 10.1 Å². The molecule has 0 radical (unpaired) electrons. The third-order valence-corrected chi connectivity index (χ3v) is 6.59. The molecule has 5 rings (SSSR count). The molecule has 132 valence electrons. The lowest BCUT2D eigenvalue weighted by atomic mass is 9.79. The number of thiazole rings is 1. The number of aromatic nitrogens is 1. The number of rotatable bonds is 4. The van der Waals surface area contributed by atoms with Gasteiger partial charge in [-0.05, 0) is 63.0 Å². The number of hydrogen-bond donors (Lipinski definition) is 1. The van der Waals surface area contributed by atoms with Crippen molar-refractivity contribution >= 4 is 17.2 Å². The van der Waals surface area contributed by atoms with Crippen LogP contribution in [0, 0.1) is 5.92 Å². The number of hydrogen-bond acceptors (Lipinski definition) is 5. The van der Waals surface area contributed by atoms with Crippen LogP contribution in [0.1, 0.15) is 29.4 Å². The fraction of sp³-hybridized carbons (Fsp3) is 0.474. The number of nitrogens with one attached hydrogen (secondary N) is 1. The monoisotopic (exact) mass is 357 g/mol. The normalized spacial score (nSPS) is 27.9. The second-order valence-electron chi connectivity index (χ2n) is 6.87. The molecule has 1 amide bonds. The maximum Gasteiger partial charge on any atom is 0.263 e. The lowest BCUT2D eigenvalue weighted by Crippen LogP contribution is -2.62. The molecule has 1 aromatic carbocycles. The van der Waals surface area contributed by atoms with Crippen molar-refractivity contribution in [3.63, 3.8) is 0 Å². The number of methoxy groups -OCH3 is 1. The smallest absolute Gasteiger partial charge is 0.263 e. The lowest BCUT2D eigenvalue weighted by molar-refractivity contribution is 0.0218. The van der Waals surface area contributed by atoms with E-state index in [2.05, 4.69) is 22.1 Å². The summed E-state index contributed by atoms with van der Waals surface area (Å²) in [6, 6.07) is 8.42. The van der Waals surface area contributed by atoms with Gasteiger partial charge in [-0.2, -0.15) is 0 Å². The van der Waals surface area contributed by atoms with E-state index >= 15 is 0 Å². The number of ether oxygens (including phenoxy) is 1. The molecule has 0 saturated carbocycles. The maximum absolute atomic E-state index is 12.7. The van der Waals surface area contributed by atoms with Crippen molar-refractivity contribution in [2.45, 2.75) is 31.8 Å². The molecule has 2 atom stereocenters. The quantitative estimate of drug-likeness (QED) is 0.914. The van der Waals surface area contributed by atoms with Crippen LogP contribution in [-0.2, 0) is 0 Å². The van der Waals surface area contributed by atoms with Crippen LogP contribution in [0.25, 0.3) is 10.6 Å². The van der Waals surface area contributed by atoms with Gasteiger partial charge >= 0.3 is 0 Å². The van der Waals surface area contributed by atoms with Crippen LogP contribution in [0.3, 0.4) is 0 Å². The molecule has 3 saturated heterocycles. The van der Waals surface area contributed by atoms with Gasteiger partial charge in [0.2, 0.25) is 0 Å². The molecule has 3 aliphatic rings. The number of nitrogens with zero attached hydrogens (tertiary/aromatic N) is 2. The van der Waals surface area contributed by atoms with E-state index in [1.807, 2.05) is 24.3 Å². The van der Waals surface area contributed by atoms with E-state index in [1.165, 1.54) is 37.3 Å². The largest absolute Gasteiger partial charge is 0.497 e. The highest BCUT2D eigenvalue weighted by Gasteiger charge is 2.40. The summed E-state index contributed by atoms with van der Waals surface area (Å²) in [5.74, 6) is 1.43. The topological polar surface area (TPSA) is 54.5 Å². The average Bonchev–Trinajstić information content (AvgIpc) is 3.15. The van der Waals surface area contributed by atoms with Crippen LogP contribution in [0.4, 0.5) is 0 Å². The first-order chi connectivity index (χ1) is 12.2. The molecule has 3 aliphatic heterocycles. The van der Waals surface area contributed by atoms with E-state index in [9.17, 15) is 4.79 Å². The molecule has 25 heavy (non-hydrogen) atoms. The van der Waals surface area contributed by atoms with Gasteiger partial charge in [-0.3, -0.25) is 9.69 Å². The van der Waals surface area contributed by atoms with Crippen LogP contribution in [-0.4, -0.2) is 48.1 Å². The summed E-state index contributed by atoms with van der Waals surface area (Å²) in [4.78, 5) is 20.3. The molecule has 1 N–H and O–H groups in total. The standard InChI is InChI=1S/C19H23N3O2S/c1-12-17(13-7-9-22(12)10-8-13)21-18(23)16-11-20-19(25-16)14-3-5-15(24-2)6-4-14/h3-6,11-13,17H,7-10H2,1-2H3,(H,21,23)/t12-,17-/m0/s1. The number of carbonyl (C=O) groups excluding carboxylic acids is 1. The van der Waals surface area contributed by atoms with E-state index < -0.39 is 0 Å². The Kier molecular flexibility index (Phi) is 4.48. The van der Waals surface area contributed by atoms with Crippen LogP contribution in [0.5, 0.6) is 5.75 Å². The highest BCUT2D eigenvalue weighted by atomic mass is 32.1. The number of piperidine rings is 3. The summed E-state index contributed by atoms with van der Waals surface area (Å²) in [7, 11) is 1.65. The van der Waals surface area contributed by atoms with Crippen molar-refractivity contribution in [2.75, 3.05) is 20.2 Å². The molecule has 1 aromatic heterocycles. The third kappa shape index (κ3) is 3.16. The Morgan fingerprint density at radius 2 is 2.00 bits per heavy atom. The number of fused-ring (bicyclic) bond motifs is 3. The van der Waals surface area contributed by atoms with E-state index in [1.54, 1.807) is 13.3 Å². The highest BCUT2D eigenvalue weighted by molar-refractivity contribution is 7.16. The maximum atomic E-state index is 12.7. The van der Waals surface area contributed by atoms with Gasteiger partial charge in [-0.1, -0.05) is 0 Å². The predicted octanol–water partition coefficient (Wildman–Crippen LogP) is 3.03. The summed E-state index contributed by atoms with van der Waals surface area (Å²) >= 11 is 1.44. The Labute approximate surface area is 152 Å². The van der Waals surface area contributed by atoms with Crippen LogP contribution in [0.2, 0.25) is 0 Å². The Balaban J connectivity index is 1.47. The van der Waals surface area contributed by atoms with E-state index in [0.717, 1.165) is 16.3 Å². The summed E-state index contributed by atoms with van der Waals surface area (Å²) in [6.07, 6.45) is 4.07. The molecule has 6 heteroatoms. The Morgan fingerprint density at radius 3 is 2.64 bits per heavy atom. The van der Waals surface area contributed by atoms with Crippen molar-refractivity contribution in [1.82, 2.24) is 15.2 Å². The number of benzene rings is 1. The average molecular weight is 357 g/mol. The van der Waals surface area contributed by atoms with Gasteiger partial charge in [0.15, 0.2) is 0 Å². The Hall–Kier alpha value is -1.92. The molecular formula is C19H23N3O2S. The molecule has 0 aliphatic carbocycles. The minimum atomic E-state index is 0.00265. The SMILES string of the molecule is COc1ccc(-c2ncc(C(=O)N[C@@H]3C4CCN(CC4)[C@H]3C)s2)cc1. The van der Waals surface area contributed by atoms with Gasteiger partial charge in [-0.15, -0.1) is 11.3 Å². The Morgan fingerprint density at radius 1 is 1.28 bits per heavy atom. The van der Waals surface area contributed by atoms with Gasteiger partial charge in [-0.25, -0.2) is 4.98 Å². The molecule has 4 heterocycles. The molecule has 0 spiro atoms. The van der Waals surface area contributed by atoms with E-state index in [0.29, 0.717) is 16.8 Å². The number of carbonyl (C=O) groups is 1. The van der Waals surface area contributed by atoms with Crippen molar-refractivity contribution < 1.29 is 9.53 Å². The van der Waals surface area contributed by atoms with E-state index in [4.69, 9.17) is 4.74 Å². The first kappa shape index (κ1) is 16.5. The molecule has 2 bridgehead atoms. The fourth-order valence-electron chi connectivity index (χ4n) is 4.01. The van der Waals surface area contributed by atoms with Crippen molar-refractivity contribution in [2.24, 2.45) is 5.92 Å². The first-order valence-electron chi connectivity index (χ1n) is 8.81. The van der Waals surface area contributed by atoms with Crippen molar-refractivity contribution in [1.29, 1.82) is 0 Å². The van der Waals surface area contributed by atoms with Crippen LogP contribution < -0.4 is 10.1 Å². The van der Waals surface area contributed by atoms with Crippen LogP contribution >= 0.6 is 11.3 Å². The van der Waals surface area contributed by atoms with Gasteiger partial charge in [0.1, 0.15) is 15.6 Å². The molecule has 3 fully saturated rings. The zero-order valence-electron chi connectivity index (χ0n) is 14.6. The first-order valence-corrected chi connectivity index (χ1v) is 9.62. The van der Waals surface area contributed by atoms with Gasteiger partial charge in [0.05, 0.1) is 13.3 Å². The minimum absolute atomic E-state index is 0.00265. The Bertz CT molecular complexity index is 748. The highest BCUT2D eigenvalue weighted by Crippen LogP contribution is 2.33. The lowest BCUT2D eigenvalue weighted by Gasteiger charge is -2.49. The molecule has 0 unspecified atom stereocenters. The predicted molar refractivity (Wildman–Crippen MR) is 99.1 cm³/mol. The second-order valence-corrected chi connectivity index (χ2v) is 7.90. The van der Waals surface area contributed by atoms with Crippen molar-refractivity contribution in [3.8, 4) is 16.3 Å². The van der Waals surface area contributed by atoms with Crippen molar-refractivity contribution in [3.05, 3.63) is 35.3 Å². The van der Waals surface area contributed by atoms with E-state index in [-0.39, 0.29) is 11.9 Å². The zero-order chi connectivity index (χ0) is 17.4. The molecule has 5 nitrogen and oxygen atoms in total. The van der Waals surface area contributed by atoms with Gasteiger partial charge in [0.25, 0.3) is 5.91 Å². The zero-order valence-corrected chi connectivity index (χ0v) is 15.4. The number of amides is 1. The minimum Gasteiger partial charge on any atom is -0.497 e.